The lowest BCUT2D eigenvalue weighted by atomic mass is 10.1. The van der Waals surface area contributed by atoms with E-state index in [1.165, 1.54) is 0 Å². The standard InChI is InChI=1S/C20H42N2O4/c1-21(2,3)15-11-17-25-19(23)13-9-7-8-10-14-20(24)26-18-12-16-22(4,5)6/h7-18H2,1-6H3/q+2. The first-order chi connectivity index (χ1) is 12.0. The van der Waals surface area contributed by atoms with Gasteiger partial charge < -0.3 is 18.4 Å². The van der Waals surface area contributed by atoms with E-state index < -0.39 is 0 Å². The lowest BCUT2D eigenvalue weighted by Gasteiger charge is -2.23. The molecule has 0 N–H and O–H groups in total. The number of nitrogens with zero attached hydrogens (tertiary/aromatic N) is 2. The second kappa shape index (κ2) is 13.1. The number of carbonyl (C=O) groups is 2. The van der Waals surface area contributed by atoms with Crippen LogP contribution in [-0.4, -0.2) is 89.5 Å². The van der Waals surface area contributed by atoms with E-state index in [1.807, 2.05) is 0 Å². The lowest BCUT2D eigenvalue weighted by molar-refractivity contribution is -0.870. The van der Waals surface area contributed by atoms with Crippen molar-refractivity contribution in [2.45, 2.75) is 51.4 Å². The van der Waals surface area contributed by atoms with Gasteiger partial charge in [0.15, 0.2) is 0 Å². The number of hydrogen-bond donors (Lipinski definition) is 0. The number of quaternary nitrogens is 2. The first-order valence-corrected chi connectivity index (χ1v) is 9.92. The Morgan fingerprint density at radius 3 is 1.23 bits per heavy atom. The van der Waals surface area contributed by atoms with E-state index in [0.717, 1.165) is 60.6 Å². The lowest BCUT2D eigenvalue weighted by Crippen LogP contribution is -2.35. The molecule has 6 nitrogen and oxygen atoms in total. The van der Waals surface area contributed by atoms with Crippen LogP contribution in [0.4, 0.5) is 0 Å². The van der Waals surface area contributed by atoms with Crippen LogP contribution in [0.15, 0.2) is 0 Å². The fraction of sp³-hybridized carbons (Fsp3) is 0.900. The Morgan fingerprint density at radius 2 is 0.923 bits per heavy atom. The molecule has 0 fully saturated rings. The van der Waals surface area contributed by atoms with Crippen molar-refractivity contribution in [2.75, 3.05) is 68.6 Å². The van der Waals surface area contributed by atoms with Gasteiger partial charge in [-0.15, -0.1) is 0 Å². The Labute approximate surface area is 160 Å². The minimum absolute atomic E-state index is 0.108. The van der Waals surface area contributed by atoms with Gasteiger partial charge in [0, 0.05) is 25.7 Å². The summed E-state index contributed by atoms with van der Waals surface area (Å²) in [6.07, 6.45) is 6.28. The van der Waals surface area contributed by atoms with Crippen LogP contribution in [0, 0.1) is 0 Å². The molecule has 0 atom stereocenters. The van der Waals surface area contributed by atoms with Crippen molar-refractivity contribution >= 4 is 11.9 Å². The van der Waals surface area contributed by atoms with Crippen molar-refractivity contribution in [3.63, 3.8) is 0 Å². The Balaban J connectivity index is 3.44. The highest BCUT2D eigenvalue weighted by atomic mass is 16.5. The molecular formula is C20H42N2O4+2. The monoisotopic (exact) mass is 374 g/mol. The Morgan fingerprint density at radius 1 is 0.577 bits per heavy atom. The number of ether oxygens (including phenoxy) is 2. The van der Waals surface area contributed by atoms with Gasteiger partial charge in [-0.05, 0) is 12.8 Å². The van der Waals surface area contributed by atoms with Crippen LogP contribution in [0.3, 0.4) is 0 Å². The molecule has 0 aromatic rings. The Kier molecular flexibility index (Phi) is 12.5. The normalized spacial score (nSPS) is 12.1. The smallest absolute Gasteiger partial charge is 0.305 e. The molecule has 6 heteroatoms. The minimum atomic E-state index is -0.108. The molecule has 0 aliphatic rings. The molecule has 0 bridgehead atoms. The van der Waals surface area contributed by atoms with Gasteiger partial charge in [-0.2, -0.15) is 0 Å². The van der Waals surface area contributed by atoms with Crippen LogP contribution in [-0.2, 0) is 19.1 Å². The number of hydrogen-bond acceptors (Lipinski definition) is 4. The number of esters is 2. The molecule has 0 saturated carbocycles. The topological polar surface area (TPSA) is 52.6 Å². The maximum absolute atomic E-state index is 11.6. The fourth-order valence-electron chi connectivity index (χ4n) is 2.49. The van der Waals surface area contributed by atoms with Crippen molar-refractivity contribution in [1.82, 2.24) is 0 Å². The molecule has 26 heavy (non-hydrogen) atoms. The molecule has 0 aliphatic heterocycles. The maximum Gasteiger partial charge on any atom is 0.305 e. The van der Waals surface area contributed by atoms with Crippen molar-refractivity contribution in [3.05, 3.63) is 0 Å². The van der Waals surface area contributed by atoms with E-state index >= 15 is 0 Å². The van der Waals surface area contributed by atoms with E-state index in [-0.39, 0.29) is 11.9 Å². The second-order valence-electron chi connectivity index (χ2n) is 9.09. The van der Waals surface area contributed by atoms with Crippen LogP contribution >= 0.6 is 0 Å². The van der Waals surface area contributed by atoms with Crippen molar-refractivity contribution in [1.29, 1.82) is 0 Å². The van der Waals surface area contributed by atoms with E-state index in [0.29, 0.717) is 26.1 Å². The summed E-state index contributed by atoms with van der Waals surface area (Å²) in [5.41, 5.74) is 0. The highest BCUT2D eigenvalue weighted by molar-refractivity contribution is 5.69. The zero-order valence-corrected chi connectivity index (χ0v) is 18.0. The van der Waals surface area contributed by atoms with Gasteiger partial charge in [0.05, 0.1) is 68.6 Å². The zero-order valence-electron chi connectivity index (χ0n) is 18.0. The van der Waals surface area contributed by atoms with E-state index in [4.69, 9.17) is 9.47 Å². The molecular weight excluding hydrogens is 332 g/mol. The average molecular weight is 375 g/mol. The number of rotatable bonds is 15. The maximum atomic E-state index is 11.6. The van der Waals surface area contributed by atoms with E-state index in [9.17, 15) is 9.59 Å². The largest absolute Gasteiger partial charge is 0.465 e. The summed E-state index contributed by atoms with van der Waals surface area (Å²) in [6.45, 7) is 3.01. The fourth-order valence-corrected chi connectivity index (χ4v) is 2.49. The van der Waals surface area contributed by atoms with Crippen molar-refractivity contribution in [2.24, 2.45) is 0 Å². The second-order valence-corrected chi connectivity index (χ2v) is 9.09. The summed E-state index contributed by atoms with van der Waals surface area (Å²) >= 11 is 0. The molecule has 0 aromatic heterocycles. The average Bonchev–Trinajstić information content (AvgIpc) is 2.49. The summed E-state index contributed by atoms with van der Waals surface area (Å²) in [4.78, 5) is 23.2. The van der Waals surface area contributed by atoms with Crippen LogP contribution in [0.2, 0.25) is 0 Å². The molecule has 0 radical (unpaired) electrons. The zero-order chi connectivity index (χ0) is 20.1. The first kappa shape index (κ1) is 24.9. The SMILES string of the molecule is C[N+](C)(C)CCCOC(=O)CCCCCCC(=O)OCCC[N+](C)(C)C. The third-order valence-corrected chi connectivity index (χ3v) is 3.98. The molecule has 0 unspecified atom stereocenters. The van der Waals surface area contributed by atoms with Gasteiger partial charge in [-0.1, -0.05) is 12.8 Å². The summed E-state index contributed by atoms with van der Waals surface area (Å²) in [5, 5.41) is 0. The molecule has 0 rings (SSSR count). The molecule has 0 amide bonds. The van der Waals surface area contributed by atoms with Gasteiger partial charge in [-0.3, -0.25) is 9.59 Å². The Bertz CT molecular complexity index is 360. The van der Waals surface area contributed by atoms with Gasteiger partial charge in [0.1, 0.15) is 0 Å². The predicted molar refractivity (Wildman–Crippen MR) is 105 cm³/mol. The molecule has 154 valence electrons. The van der Waals surface area contributed by atoms with Crippen molar-refractivity contribution < 1.29 is 28.0 Å². The minimum Gasteiger partial charge on any atom is -0.465 e. The summed E-state index contributed by atoms with van der Waals surface area (Å²) in [5.74, 6) is -0.217. The highest BCUT2D eigenvalue weighted by Gasteiger charge is 2.09. The number of unbranched alkanes of at least 4 members (excludes halogenated alkanes) is 3. The van der Waals surface area contributed by atoms with Crippen LogP contribution in [0.1, 0.15) is 51.4 Å². The summed E-state index contributed by atoms with van der Waals surface area (Å²) in [6, 6.07) is 0. The van der Waals surface area contributed by atoms with E-state index in [2.05, 4.69) is 42.3 Å². The van der Waals surface area contributed by atoms with Crippen LogP contribution in [0.5, 0.6) is 0 Å². The van der Waals surface area contributed by atoms with E-state index in [1.54, 1.807) is 0 Å². The molecule has 0 aliphatic carbocycles. The quantitative estimate of drug-likeness (QED) is 0.251. The predicted octanol–water partition coefficient (Wildman–Crippen LogP) is 2.61. The molecule has 0 aromatic carbocycles. The third-order valence-electron chi connectivity index (χ3n) is 3.98. The summed E-state index contributed by atoms with van der Waals surface area (Å²) < 4.78 is 12.2. The van der Waals surface area contributed by atoms with Gasteiger partial charge in [0.25, 0.3) is 0 Å². The van der Waals surface area contributed by atoms with Crippen LogP contribution < -0.4 is 0 Å². The van der Waals surface area contributed by atoms with Gasteiger partial charge in [-0.25, -0.2) is 0 Å². The highest BCUT2D eigenvalue weighted by Crippen LogP contribution is 2.07. The third kappa shape index (κ3) is 19.2. The summed E-state index contributed by atoms with van der Waals surface area (Å²) in [7, 11) is 12.8. The Hall–Kier alpha value is -1.14. The van der Waals surface area contributed by atoms with Gasteiger partial charge in [0.2, 0.25) is 0 Å². The van der Waals surface area contributed by atoms with Crippen molar-refractivity contribution in [3.8, 4) is 0 Å². The first-order valence-electron chi connectivity index (χ1n) is 9.92. The van der Waals surface area contributed by atoms with Crippen LogP contribution in [0.25, 0.3) is 0 Å². The molecule has 0 spiro atoms. The number of carbonyl (C=O) groups excluding carboxylic acids is 2. The molecule has 0 heterocycles. The van der Waals surface area contributed by atoms with Gasteiger partial charge >= 0.3 is 11.9 Å². The molecule has 0 saturated heterocycles.